The van der Waals surface area contributed by atoms with Crippen LogP contribution in [0.2, 0.25) is 0 Å². The molecule has 0 saturated carbocycles. The number of rotatable bonds is 8. The number of nitrogens with one attached hydrogen (secondary N) is 3. The SMILES string of the molecule is C=NN/C=C(\C)c1ccc(Nc2nc(-c3ccc4cc(C(=O)N(C)CC(F)(F)F)[nH]c4c3)ncc2C)cc1. The van der Waals surface area contributed by atoms with Gasteiger partial charge in [0.05, 0.1) is 0 Å². The van der Waals surface area contributed by atoms with Crippen LogP contribution in [0, 0.1) is 6.92 Å². The van der Waals surface area contributed by atoms with Crippen molar-refractivity contribution in [1.82, 2.24) is 25.3 Å². The molecular weight excluding hydrogens is 495 g/mol. The topological polar surface area (TPSA) is 98.3 Å². The van der Waals surface area contributed by atoms with Crippen LogP contribution >= 0.6 is 0 Å². The number of hydrazone groups is 1. The van der Waals surface area contributed by atoms with E-state index in [0.29, 0.717) is 33.0 Å². The molecule has 4 rings (SSSR count). The van der Waals surface area contributed by atoms with E-state index in [1.807, 2.05) is 38.1 Å². The Labute approximate surface area is 217 Å². The van der Waals surface area contributed by atoms with E-state index in [-0.39, 0.29) is 5.69 Å². The standard InChI is InChI=1S/C27H26F3N7O/c1-16(14-33-31-3)18-7-9-21(10-8-18)34-24-17(2)13-32-25(36-24)20-6-5-19-11-23(35-22(19)12-20)26(38)37(4)15-27(28,29)30/h5-14,33,35H,3,15H2,1-2,4H3,(H,32,34,36)/b16-14+. The van der Waals surface area contributed by atoms with Crippen molar-refractivity contribution in [3.8, 4) is 11.4 Å². The number of nitrogens with zero attached hydrogens (tertiary/aromatic N) is 4. The number of amides is 1. The van der Waals surface area contributed by atoms with Crippen molar-refractivity contribution in [2.45, 2.75) is 20.0 Å². The first-order valence-electron chi connectivity index (χ1n) is 11.6. The van der Waals surface area contributed by atoms with Crippen LogP contribution in [-0.4, -0.2) is 52.2 Å². The summed E-state index contributed by atoms with van der Waals surface area (Å²) < 4.78 is 38.1. The highest BCUT2D eigenvalue weighted by molar-refractivity contribution is 5.98. The van der Waals surface area contributed by atoms with Gasteiger partial charge in [0.2, 0.25) is 0 Å². The number of hydrogen-bond donors (Lipinski definition) is 3. The first-order valence-corrected chi connectivity index (χ1v) is 11.6. The summed E-state index contributed by atoms with van der Waals surface area (Å²) in [4.78, 5) is 25.1. The lowest BCUT2D eigenvalue weighted by Gasteiger charge is -2.17. The highest BCUT2D eigenvalue weighted by Gasteiger charge is 2.32. The number of H-pyrrole nitrogens is 1. The fourth-order valence-electron chi connectivity index (χ4n) is 3.81. The number of aromatic amines is 1. The third-order valence-corrected chi connectivity index (χ3v) is 5.82. The molecule has 196 valence electrons. The number of aromatic nitrogens is 3. The Morgan fingerprint density at radius 3 is 2.61 bits per heavy atom. The van der Waals surface area contributed by atoms with Gasteiger partial charge in [0.25, 0.3) is 5.91 Å². The lowest BCUT2D eigenvalue weighted by molar-refractivity contribution is -0.138. The van der Waals surface area contributed by atoms with Gasteiger partial charge >= 0.3 is 6.18 Å². The Morgan fingerprint density at radius 1 is 1.18 bits per heavy atom. The van der Waals surface area contributed by atoms with Crippen molar-refractivity contribution in [1.29, 1.82) is 0 Å². The third-order valence-electron chi connectivity index (χ3n) is 5.82. The number of benzene rings is 2. The van der Waals surface area contributed by atoms with E-state index in [4.69, 9.17) is 0 Å². The summed E-state index contributed by atoms with van der Waals surface area (Å²) in [5, 5.41) is 7.60. The molecule has 0 aliphatic rings. The van der Waals surface area contributed by atoms with Gasteiger partial charge in [0.1, 0.15) is 18.1 Å². The maximum absolute atomic E-state index is 12.7. The molecule has 8 nitrogen and oxygen atoms in total. The van der Waals surface area contributed by atoms with Crippen molar-refractivity contribution < 1.29 is 18.0 Å². The number of hydrogen-bond acceptors (Lipinski definition) is 6. The normalized spacial score (nSPS) is 11.9. The smallest absolute Gasteiger partial charge is 0.351 e. The number of alkyl halides is 3. The summed E-state index contributed by atoms with van der Waals surface area (Å²) in [6.07, 6.45) is -1.01. The van der Waals surface area contributed by atoms with Gasteiger partial charge < -0.3 is 15.2 Å². The minimum Gasteiger partial charge on any atom is -0.351 e. The van der Waals surface area contributed by atoms with Crippen LogP contribution in [0.4, 0.5) is 24.7 Å². The van der Waals surface area contributed by atoms with Gasteiger partial charge in [-0.25, -0.2) is 9.97 Å². The molecule has 38 heavy (non-hydrogen) atoms. The average molecular weight is 522 g/mol. The van der Waals surface area contributed by atoms with Gasteiger partial charge in [-0.3, -0.25) is 10.2 Å². The summed E-state index contributed by atoms with van der Waals surface area (Å²) in [6.45, 7) is 5.91. The number of halogens is 3. The quantitative estimate of drug-likeness (QED) is 0.199. The van der Waals surface area contributed by atoms with E-state index < -0.39 is 18.6 Å². The maximum Gasteiger partial charge on any atom is 0.406 e. The van der Waals surface area contributed by atoms with E-state index in [0.717, 1.165) is 29.4 Å². The van der Waals surface area contributed by atoms with Crippen LogP contribution in [-0.2, 0) is 0 Å². The van der Waals surface area contributed by atoms with Gasteiger partial charge in [-0.15, -0.1) is 0 Å². The zero-order valence-corrected chi connectivity index (χ0v) is 21.0. The molecule has 2 aromatic heterocycles. The molecule has 0 aliphatic carbocycles. The fourth-order valence-corrected chi connectivity index (χ4v) is 3.81. The van der Waals surface area contributed by atoms with Gasteiger partial charge in [-0.2, -0.15) is 18.3 Å². The van der Waals surface area contributed by atoms with E-state index in [1.165, 1.54) is 6.07 Å². The lowest BCUT2D eigenvalue weighted by Crippen LogP contribution is -2.35. The molecule has 3 N–H and O–H groups in total. The molecule has 11 heteroatoms. The van der Waals surface area contributed by atoms with Gasteiger partial charge in [0, 0.05) is 53.9 Å². The van der Waals surface area contributed by atoms with E-state index in [1.54, 1.807) is 30.6 Å². The second-order valence-corrected chi connectivity index (χ2v) is 8.80. The van der Waals surface area contributed by atoms with Crippen LogP contribution in [0.1, 0.15) is 28.5 Å². The van der Waals surface area contributed by atoms with Crippen molar-refractivity contribution in [3.63, 3.8) is 0 Å². The van der Waals surface area contributed by atoms with Crippen LogP contribution in [0.15, 0.2) is 66.0 Å². The second-order valence-electron chi connectivity index (χ2n) is 8.80. The monoisotopic (exact) mass is 521 g/mol. The lowest BCUT2D eigenvalue weighted by atomic mass is 10.1. The number of aryl methyl sites for hydroxylation is 1. The first kappa shape index (κ1) is 26.4. The highest BCUT2D eigenvalue weighted by Crippen LogP contribution is 2.27. The van der Waals surface area contributed by atoms with Crippen molar-refractivity contribution in [2.24, 2.45) is 5.10 Å². The molecule has 0 unspecified atom stereocenters. The van der Waals surface area contributed by atoms with Gasteiger partial charge in [0.15, 0.2) is 5.82 Å². The van der Waals surface area contributed by atoms with E-state index in [9.17, 15) is 18.0 Å². The predicted molar refractivity (Wildman–Crippen MR) is 143 cm³/mol. The number of allylic oxidation sites excluding steroid dienone is 1. The Kier molecular flexibility index (Phi) is 7.47. The summed E-state index contributed by atoms with van der Waals surface area (Å²) in [5.74, 6) is 0.335. The Bertz CT molecular complexity index is 1510. The van der Waals surface area contributed by atoms with Crippen LogP contribution < -0.4 is 10.7 Å². The van der Waals surface area contributed by atoms with Crippen LogP contribution in [0.25, 0.3) is 27.9 Å². The van der Waals surface area contributed by atoms with E-state index >= 15 is 0 Å². The zero-order valence-electron chi connectivity index (χ0n) is 21.0. The highest BCUT2D eigenvalue weighted by atomic mass is 19.4. The molecule has 1 amide bonds. The predicted octanol–water partition coefficient (Wildman–Crippen LogP) is 5.88. The number of carbonyl (C=O) groups is 1. The molecule has 2 heterocycles. The largest absolute Gasteiger partial charge is 0.406 e. The third kappa shape index (κ3) is 6.17. The Balaban J connectivity index is 1.55. The fraction of sp³-hybridized carbons (Fsp3) is 0.185. The van der Waals surface area contributed by atoms with Gasteiger partial charge in [-0.05, 0) is 49.2 Å². The minimum absolute atomic E-state index is 0.0705. The number of fused-ring (bicyclic) bond motifs is 1. The second kappa shape index (κ2) is 10.8. The molecule has 0 spiro atoms. The number of anilines is 2. The molecule has 2 aromatic carbocycles. The van der Waals surface area contributed by atoms with Crippen molar-refractivity contribution in [2.75, 3.05) is 18.9 Å². The maximum atomic E-state index is 12.7. The zero-order chi connectivity index (χ0) is 27.4. The van der Waals surface area contributed by atoms with Crippen LogP contribution in [0.5, 0.6) is 0 Å². The molecule has 4 aromatic rings. The molecule has 0 fully saturated rings. The summed E-state index contributed by atoms with van der Waals surface area (Å²) in [5.41, 5.74) is 7.77. The molecule has 0 bridgehead atoms. The average Bonchev–Trinajstić information content (AvgIpc) is 3.31. The summed E-state index contributed by atoms with van der Waals surface area (Å²) in [6, 6.07) is 14.7. The molecule has 0 aliphatic heterocycles. The van der Waals surface area contributed by atoms with Crippen molar-refractivity contribution >= 4 is 40.6 Å². The van der Waals surface area contributed by atoms with Gasteiger partial charge in [-0.1, -0.05) is 24.3 Å². The minimum atomic E-state index is -4.48. The van der Waals surface area contributed by atoms with Crippen molar-refractivity contribution in [3.05, 3.63) is 77.7 Å². The van der Waals surface area contributed by atoms with E-state index in [2.05, 4.69) is 37.5 Å². The molecular formula is C27H26F3N7O. The summed E-state index contributed by atoms with van der Waals surface area (Å²) >= 11 is 0. The molecule has 0 saturated heterocycles. The Morgan fingerprint density at radius 2 is 1.92 bits per heavy atom. The van der Waals surface area contributed by atoms with Crippen LogP contribution in [0.3, 0.4) is 0 Å². The molecule has 0 radical (unpaired) electrons. The number of carbonyl (C=O) groups excluding carboxylic acids is 1. The molecule has 0 atom stereocenters. The first-order chi connectivity index (χ1) is 18.0. The summed E-state index contributed by atoms with van der Waals surface area (Å²) in [7, 11) is 1.12. The Hall–Kier alpha value is -4.67.